The van der Waals surface area contributed by atoms with Crippen molar-refractivity contribution in [3.63, 3.8) is 0 Å². The van der Waals surface area contributed by atoms with E-state index in [2.05, 4.69) is 17.9 Å². The minimum Gasteiger partial charge on any atom is -0.469 e. The maximum atomic E-state index is 13.2. The summed E-state index contributed by atoms with van der Waals surface area (Å²) in [5, 5.41) is 0. The molecule has 0 aliphatic heterocycles. The highest BCUT2D eigenvalue weighted by atomic mass is 19.1. The molecule has 4 nitrogen and oxygen atoms in total. The number of carbonyl (C=O) groups is 2. The third-order valence-corrected chi connectivity index (χ3v) is 3.36. The lowest BCUT2D eigenvalue weighted by molar-refractivity contribution is -0.140. The Labute approximate surface area is 136 Å². The number of hydrogen-bond acceptors (Lipinski definition) is 3. The van der Waals surface area contributed by atoms with Crippen molar-refractivity contribution in [3.8, 4) is 0 Å². The van der Waals surface area contributed by atoms with Crippen LogP contribution in [0.15, 0.2) is 49.1 Å². The highest BCUT2D eigenvalue weighted by Gasteiger charge is 2.16. The van der Waals surface area contributed by atoms with E-state index < -0.39 is 0 Å². The van der Waals surface area contributed by atoms with E-state index in [1.165, 1.54) is 19.2 Å². The number of benzene rings is 1. The summed E-state index contributed by atoms with van der Waals surface area (Å²) in [7, 11) is 1.30. The van der Waals surface area contributed by atoms with Gasteiger partial charge in [0.1, 0.15) is 5.82 Å². The topological polar surface area (TPSA) is 46.6 Å². The monoisotopic (exact) mass is 319 g/mol. The number of ether oxygens (including phenoxy) is 1. The lowest BCUT2D eigenvalue weighted by atomic mass is 10.1. The van der Waals surface area contributed by atoms with Gasteiger partial charge in [0.15, 0.2) is 0 Å². The fourth-order valence-corrected chi connectivity index (χ4v) is 2.07. The fraction of sp³-hybridized carbons (Fsp3) is 0.333. The predicted octanol–water partition coefficient (Wildman–Crippen LogP) is 2.89. The van der Waals surface area contributed by atoms with Crippen LogP contribution in [0.25, 0.3) is 0 Å². The maximum Gasteiger partial charge on any atom is 0.305 e. The molecule has 0 radical (unpaired) electrons. The second-order valence-corrected chi connectivity index (χ2v) is 5.10. The summed E-state index contributed by atoms with van der Waals surface area (Å²) in [6.45, 7) is 8.17. The number of carbonyl (C=O) groups excluding carboxylic acids is 2. The first kappa shape index (κ1) is 18.6. The van der Waals surface area contributed by atoms with Gasteiger partial charge in [-0.3, -0.25) is 9.59 Å². The standard InChI is InChI=1S/C18H22FNO3/c1-4-11-20(12-10-15-6-5-7-16(19)13-15)18(22)14(2)8-9-17(21)23-3/h4-7,13H,1-2,8-12H2,3H3. The highest BCUT2D eigenvalue weighted by Crippen LogP contribution is 2.11. The summed E-state index contributed by atoms with van der Waals surface area (Å²) >= 11 is 0. The summed E-state index contributed by atoms with van der Waals surface area (Å²) in [5.41, 5.74) is 1.16. The molecule has 0 aromatic heterocycles. The first-order valence-corrected chi connectivity index (χ1v) is 7.37. The van der Waals surface area contributed by atoms with Crippen LogP contribution in [0.2, 0.25) is 0 Å². The molecule has 0 N–H and O–H groups in total. The molecule has 0 aliphatic carbocycles. The fourth-order valence-electron chi connectivity index (χ4n) is 2.07. The highest BCUT2D eigenvalue weighted by molar-refractivity contribution is 5.93. The van der Waals surface area contributed by atoms with Gasteiger partial charge in [-0.25, -0.2) is 4.39 Å². The zero-order valence-corrected chi connectivity index (χ0v) is 13.4. The van der Waals surface area contributed by atoms with E-state index in [0.29, 0.717) is 25.1 Å². The van der Waals surface area contributed by atoms with Crippen LogP contribution in [0.4, 0.5) is 4.39 Å². The second-order valence-electron chi connectivity index (χ2n) is 5.10. The van der Waals surface area contributed by atoms with Crippen molar-refractivity contribution < 1.29 is 18.7 Å². The third-order valence-electron chi connectivity index (χ3n) is 3.36. The van der Waals surface area contributed by atoms with Crippen molar-refractivity contribution >= 4 is 11.9 Å². The number of methoxy groups -OCH3 is 1. The van der Waals surface area contributed by atoms with E-state index >= 15 is 0 Å². The van der Waals surface area contributed by atoms with Crippen molar-refractivity contribution in [3.05, 3.63) is 60.5 Å². The second kappa shape index (κ2) is 9.56. The van der Waals surface area contributed by atoms with Crippen molar-refractivity contribution in [2.75, 3.05) is 20.2 Å². The number of nitrogens with zero attached hydrogens (tertiary/aromatic N) is 1. The van der Waals surface area contributed by atoms with Gasteiger partial charge in [0.25, 0.3) is 0 Å². The maximum absolute atomic E-state index is 13.2. The van der Waals surface area contributed by atoms with Crippen molar-refractivity contribution in [2.45, 2.75) is 19.3 Å². The normalized spacial score (nSPS) is 10.0. The zero-order chi connectivity index (χ0) is 17.2. The van der Waals surface area contributed by atoms with E-state index in [4.69, 9.17) is 0 Å². The first-order chi connectivity index (χ1) is 11.0. The average Bonchev–Trinajstić information content (AvgIpc) is 2.55. The third kappa shape index (κ3) is 6.46. The Morgan fingerprint density at radius 1 is 1.35 bits per heavy atom. The van der Waals surface area contributed by atoms with Crippen LogP contribution in [0.1, 0.15) is 18.4 Å². The molecule has 5 heteroatoms. The Morgan fingerprint density at radius 3 is 2.70 bits per heavy atom. The molecule has 0 fully saturated rings. The van der Waals surface area contributed by atoms with Gasteiger partial charge in [-0.1, -0.05) is 24.8 Å². The molecule has 1 aromatic carbocycles. The Balaban J connectivity index is 2.61. The van der Waals surface area contributed by atoms with E-state index in [0.717, 1.165) is 5.56 Å². The van der Waals surface area contributed by atoms with Crippen LogP contribution < -0.4 is 0 Å². The van der Waals surface area contributed by atoms with E-state index in [9.17, 15) is 14.0 Å². The van der Waals surface area contributed by atoms with Crippen LogP contribution in [-0.4, -0.2) is 37.0 Å². The predicted molar refractivity (Wildman–Crippen MR) is 87.3 cm³/mol. The van der Waals surface area contributed by atoms with Gasteiger partial charge in [-0.2, -0.15) is 0 Å². The van der Waals surface area contributed by atoms with Crippen LogP contribution in [-0.2, 0) is 20.7 Å². The van der Waals surface area contributed by atoms with Crippen molar-refractivity contribution in [1.82, 2.24) is 4.90 Å². The van der Waals surface area contributed by atoms with Crippen LogP contribution >= 0.6 is 0 Å². The van der Waals surface area contributed by atoms with Crippen molar-refractivity contribution in [1.29, 1.82) is 0 Å². The molecule has 1 rings (SSSR count). The molecule has 0 atom stereocenters. The lowest BCUT2D eigenvalue weighted by Crippen LogP contribution is -2.34. The molecular weight excluding hydrogens is 297 g/mol. The largest absolute Gasteiger partial charge is 0.469 e. The van der Waals surface area contributed by atoms with E-state index in [-0.39, 0.29) is 30.5 Å². The molecule has 0 saturated carbocycles. The molecule has 0 bridgehead atoms. The van der Waals surface area contributed by atoms with Gasteiger partial charge in [0.2, 0.25) is 5.91 Å². The van der Waals surface area contributed by atoms with Crippen LogP contribution in [0.3, 0.4) is 0 Å². The molecule has 124 valence electrons. The Hall–Kier alpha value is -2.43. The van der Waals surface area contributed by atoms with Gasteiger partial charge in [-0.15, -0.1) is 6.58 Å². The minimum atomic E-state index is -0.381. The Bertz CT molecular complexity index is 583. The summed E-state index contributed by atoms with van der Waals surface area (Å²) in [4.78, 5) is 25.1. The van der Waals surface area contributed by atoms with Gasteiger partial charge in [-0.05, 0) is 30.5 Å². The summed E-state index contributed by atoms with van der Waals surface area (Å²) in [6.07, 6.45) is 2.52. The van der Waals surface area contributed by atoms with Gasteiger partial charge in [0, 0.05) is 25.1 Å². The van der Waals surface area contributed by atoms with E-state index in [1.807, 2.05) is 6.07 Å². The molecule has 0 aliphatic rings. The number of esters is 1. The molecule has 0 saturated heterocycles. The van der Waals surface area contributed by atoms with Crippen molar-refractivity contribution in [2.24, 2.45) is 0 Å². The lowest BCUT2D eigenvalue weighted by Gasteiger charge is -2.22. The molecule has 1 aromatic rings. The van der Waals surface area contributed by atoms with Crippen LogP contribution in [0.5, 0.6) is 0 Å². The molecule has 0 spiro atoms. The zero-order valence-electron chi connectivity index (χ0n) is 13.4. The molecule has 0 unspecified atom stereocenters. The molecule has 0 heterocycles. The summed E-state index contributed by atoms with van der Waals surface area (Å²) in [5.74, 6) is -0.911. The minimum absolute atomic E-state index is 0.118. The Morgan fingerprint density at radius 2 is 2.09 bits per heavy atom. The quantitative estimate of drug-likeness (QED) is 0.399. The SMILES string of the molecule is C=CCN(CCc1cccc(F)c1)C(=O)C(=C)CCC(=O)OC. The van der Waals surface area contributed by atoms with Crippen LogP contribution in [0, 0.1) is 5.82 Å². The average molecular weight is 319 g/mol. The number of halogens is 1. The van der Waals surface area contributed by atoms with E-state index in [1.54, 1.807) is 17.0 Å². The van der Waals surface area contributed by atoms with Gasteiger partial charge < -0.3 is 9.64 Å². The van der Waals surface area contributed by atoms with Gasteiger partial charge in [0.05, 0.1) is 7.11 Å². The molecule has 1 amide bonds. The number of hydrogen-bond donors (Lipinski definition) is 0. The molecular formula is C18H22FNO3. The van der Waals surface area contributed by atoms with Gasteiger partial charge >= 0.3 is 5.97 Å². The first-order valence-electron chi connectivity index (χ1n) is 7.37. The summed E-state index contributed by atoms with van der Waals surface area (Å²) in [6, 6.07) is 6.28. The Kier molecular flexibility index (Phi) is 7.74. The number of amides is 1. The smallest absolute Gasteiger partial charge is 0.305 e. The number of rotatable bonds is 9. The molecule has 23 heavy (non-hydrogen) atoms. The summed E-state index contributed by atoms with van der Waals surface area (Å²) < 4.78 is 17.7.